The number of aliphatic hydroxyl groups is 1. The van der Waals surface area contributed by atoms with Gasteiger partial charge in [-0.1, -0.05) is 32.4 Å². The lowest BCUT2D eigenvalue weighted by molar-refractivity contribution is -0.128. The number of carbonyl (C=O) groups is 2. The van der Waals surface area contributed by atoms with Crippen molar-refractivity contribution in [3.63, 3.8) is 0 Å². The molecular formula is C39H54O4. The molecule has 234 valence electrons. The van der Waals surface area contributed by atoms with Gasteiger partial charge in [-0.05, 0) is 171 Å². The van der Waals surface area contributed by atoms with Crippen LogP contribution in [0.1, 0.15) is 128 Å². The summed E-state index contributed by atoms with van der Waals surface area (Å²) < 4.78 is 0. The predicted molar refractivity (Wildman–Crippen MR) is 170 cm³/mol. The first-order chi connectivity index (χ1) is 20.5. The first kappa shape index (κ1) is 29.8. The molecule has 4 nitrogen and oxygen atoms in total. The molecule has 0 bridgehead atoms. The van der Waals surface area contributed by atoms with Gasteiger partial charge in [0, 0.05) is 12.3 Å². The number of rotatable bonds is 1. The highest BCUT2D eigenvalue weighted by atomic mass is 16.3. The Bertz CT molecular complexity index is 1330. The summed E-state index contributed by atoms with van der Waals surface area (Å²) >= 11 is 0. The Kier molecular flexibility index (Phi) is 7.31. The SMILES string of the molecule is CC(=O)[C@H]1CC[C@H]2[C@@H]3CCC4=CC(=O)CC[C@]4(C)[C@H]3CC[C@]12C.C[C@]12CC[C@@H]3c4ccc(O)cc4CC[C@H]3[C@@H]1CCC2O. The number of phenolic OH excluding ortho intramolecular Hbond substituents is 1. The Morgan fingerprint density at radius 3 is 2.30 bits per heavy atom. The summed E-state index contributed by atoms with van der Waals surface area (Å²) in [5.41, 5.74) is 4.94. The van der Waals surface area contributed by atoms with E-state index in [0.717, 1.165) is 68.6 Å². The number of carbonyl (C=O) groups excluding carboxylic acids is 2. The number of aryl methyl sites for hydroxylation is 1. The molecule has 0 spiro atoms. The minimum Gasteiger partial charge on any atom is -0.508 e. The summed E-state index contributed by atoms with van der Waals surface area (Å²) in [6.45, 7) is 8.96. The molecule has 7 aliphatic rings. The molecule has 7 aliphatic carbocycles. The van der Waals surface area contributed by atoms with Crippen LogP contribution in [-0.4, -0.2) is 27.9 Å². The van der Waals surface area contributed by atoms with E-state index in [1.165, 1.54) is 61.6 Å². The van der Waals surface area contributed by atoms with Gasteiger partial charge in [0.2, 0.25) is 0 Å². The Labute approximate surface area is 259 Å². The summed E-state index contributed by atoms with van der Waals surface area (Å²) in [7, 11) is 0. The average Bonchev–Trinajstić information content (AvgIpc) is 3.49. The van der Waals surface area contributed by atoms with Gasteiger partial charge in [-0.25, -0.2) is 0 Å². The number of benzene rings is 1. The second kappa shape index (κ2) is 10.6. The molecule has 1 aromatic rings. The van der Waals surface area contributed by atoms with Crippen LogP contribution in [0.3, 0.4) is 0 Å². The van der Waals surface area contributed by atoms with Gasteiger partial charge in [-0.2, -0.15) is 0 Å². The molecule has 1 aromatic carbocycles. The second-order valence-corrected chi connectivity index (χ2v) is 16.7. The van der Waals surface area contributed by atoms with Crippen molar-refractivity contribution < 1.29 is 19.8 Å². The number of aromatic hydroxyl groups is 1. The van der Waals surface area contributed by atoms with Crippen molar-refractivity contribution >= 4 is 11.6 Å². The monoisotopic (exact) mass is 586 g/mol. The van der Waals surface area contributed by atoms with Gasteiger partial charge < -0.3 is 10.2 Å². The Hall–Kier alpha value is -1.94. The highest BCUT2D eigenvalue weighted by Crippen LogP contribution is 2.67. The fourth-order valence-electron chi connectivity index (χ4n) is 12.8. The van der Waals surface area contributed by atoms with Crippen LogP contribution in [0.15, 0.2) is 29.8 Å². The van der Waals surface area contributed by atoms with Crippen molar-refractivity contribution in [3.8, 4) is 5.75 Å². The van der Waals surface area contributed by atoms with Crippen molar-refractivity contribution in [1.82, 2.24) is 0 Å². The van der Waals surface area contributed by atoms with E-state index in [-0.39, 0.29) is 22.3 Å². The van der Waals surface area contributed by atoms with Gasteiger partial charge in [0.1, 0.15) is 11.5 Å². The topological polar surface area (TPSA) is 74.6 Å². The van der Waals surface area contributed by atoms with E-state index in [9.17, 15) is 19.8 Å². The molecule has 0 saturated heterocycles. The van der Waals surface area contributed by atoms with E-state index in [1.54, 1.807) is 6.92 Å². The lowest BCUT2D eigenvalue weighted by atomic mass is 9.47. The number of hydrogen-bond acceptors (Lipinski definition) is 4. The molecular weight excluding hydrogens is 532 g/mol. The van der Waals surface area contributed by atoms with Crippen LogP contribution in [0.25, 0.3) is 0 Å². The van der Waals surface area contributed by atoms with Crippen LogP contribution in [0, 0.1) is 51.8 Å². The molecule has 0 aliphatic heterocycles. The number of phenols is 1. The molecule has 5 saturated carbocycles. The Balaban J connectivity index is 0.000000141. The zero-order valence-electron chi connectivity index (χ0n) is 27.0. The number of hydrogen-bond donors (Lipinski definition) is 2. The van der Waals surface area contributed by atoms with Crippen molar-refractivity contribution in [3.05, 3.63) is 41.0 Å². The van der Waals surface area contributed by atoms with Crippen LogP contribution in [0.5, 0.6) is 5.75 Å². The quantitative estimate of drug-likeness (QED) is 0.347. The molecule has 43 heavy (non-hydrogen) atoms. The number of allylic oxidation sites excluding steroid dienone is 1. The smallest absolute Gasteiger partial charge is 0.155 e. The maximum absolute atomic E-state index is 12.1. The Morgan fingerprint density at radius 1 is 0.791 bits per heavy atom. The van der Waals surface area contributed by atoms with Crippen LogP contribution < -0.4 is 0 Å². The normalized spacial score (nSPS) is 46.1. The molecule has 0 radical (unpaired) electrons. The van der Waals surface area contributed by atoms with E-state index in [1.807, 2.05) is 18.2 Å². The van der Waals surface area contributed by atoms with Crippen molar-refractivity contribution in [2.45, 2.75) is 130 Å². The summed E-state index contributed by atoms with van der Waals surface area (Å²) in [4.78, 5) is 24.0. The molecule has 0 heterocycles. The maximum Gasteiger partial charge on any atom is 0.155 e. The van der Waals surface area contributed by atoms with Gasteiger partial charge >= 0.3 is 0 Å². The number of aliphatic hydroxyl groups excluding tert-OH is 1. The van der Waals surface area contributed by atoms with Crippen LogP contribution in [0.2, 0.25) is 0 Å². The van der Waals surface area contributed by atoms with E-state index < -0.39 is 0 Å². The zero-order chi connectivity index (χ0) is 30.3. The molecule has 1 unspecified atom stereocenters. The highest BCUT2D eigenvalue weighted by Gasteiger charge is 2.60. The number of Topliss-reactive ketones (excluding diaryl/α,β-unsaturated/α-hetero) is 1. The van der Waals surface area contributed by atoms with E-state index >= 15 is 0 Å². The van der Waals surface area contributed by atoms with Crippen LogP contribution in [0.4, 0.5) is 0 Å². The lowest BCUT2D eigenvalue weighted by Crippen LogP contribution is -2.51. The fraction of sp³-hybridized carbons (Fsp3) is 0.744. The third kappa shape index (κ3) is 4.54. The summed E-state index contributed by atoms with van der Waals surface area (Å²) in [6, 6.07) is 5.96. The van der Waals surface area contributed by atoms with Gasteiger partial charge in [0.05, 0.1) is 6.10 Å². The van der Waals surface area contributed by atoms with E-state index in [4.69, 9.17) is 0 Å². The van der Waals surface area contributed by atoms with Gasteiger partial charge in [0.25, 0.3) is 0 Å². The third-order valence-corrected chi connectivity index (χ3v) is 15.1. The minimum atomic E-state index is -0.0883. The minimum absolute atomic E-state index is 0.0883. The standard InChI is InChI=1S/C21H30O2.C18H24O2/c1-13(22)17-6-7-18-16-5-4-14-12-15(23)8-10-20(14,2)19(16)9-11-21(17,18)3;1-18-9-8-14-13-5-3-12(19)10-11(13)2-4-15(14)16(18)6-7-17(18)20/h12,16-19H,4-11H2,1-3H3;3,5,10,14-17,19-20H,2,4,6-9H2,1H3/t16-,17+,18-,19-,20-,21+;14-,15-,16+,17?,18+/m01/s1. The molecule has 5 fully saturated rings. The zero-order valence-corrected chi connectivity index (χ0v) is 27.0. The van der Waals surface area contributed by atoms with Gasteiger partial charge in [0.15, 0.2) is 5.78 Å². The van der Waals surface area contributed by atoms with Gasteiger partial charge in [-0.3, -0.25) is 9.59 Å². The summed E-state index contributed by atoms with van der Waals surface area (Å²) in [5, 5.41) is 20.0. The van der Waals surface area contributed by atoms with Crippen LogP contribution in [-0.2, 0) is 16.0 Å². The van der Waals surface area contributed by atoms with E-state index in [0.29, 0.717) is 35.1 Å². The number of fused-ring (bicyclic) bond motifs is 10. The maximum atomic E-state index is 12.1. The van der Waals surface area contributed by atoms with E-state index in [2.05, 4.69) is 26.8 Å². The molecule has 2 N–H and O–H groups in total. The second-order valence-electron chi connectivity index (χ2n) is 16.7. The van der Waals surface area contributed by atoms with Crippen molar-refractivity contribution in [2.75, 3.05) is 0 Å². The van der Waals surface area contributed by atoms with Crippen LogP contribution >= 0.6 is 0 Å². The molecule has 4 heteroatoms. The summed E-state index contributed by atoms with van der Waals surface area (Å²) in [5.74, 6) is 5.78. The number of ketones is 2. The first-order valence-electron chi connectivity index (χ1n) is 17.7. The molecule has 8 rings (SSSR count). The summed E-state index contributed by atoms with van der Waals surface area (Å²) in [6.07, 6.45) is 17.7. The molecule has 11 atom stereocenters. The first-order valence-corrected chi connectivity index (χ1v) is 17.7. The van der Waals surface area contributed by atoms with Crippen molar-refractivity contribution in [1.29, 1.82) is 0 Å². The predicted octanol–water partition coefficient (Wildman–Crippen LogP) is 8.33. The lowest BCUT2D eigenvalue weighted by Gasteiger charge is -2.58. The fourth-order valence-corrected chi connectivity index (χ4v) is 12.8. The van der Waals surface area contributed by atoms with Crippen molar-refractivity contribution in [2.24, 2.45) is 51.8 Å². The molecule has 0 aromatic heterocycles. The molecule has 0 amide bonds. The Morgan fingerprint density at radius 2 is 1.51 bits per heavy atom. The third-order valence-electron chi connectivity index (χ3n) is 15.1. The highest BCUT2D eigenvalue weighted by molar-refractivity contribution is 5.91. The largest absolute Gasteiger partial charge is 0.508 e. The average molecular weight is 587 g/mol. The van der Waals surface area contributed by atoms with Gasteiger partial charge in [-0.15, -0.1) is 0 Å².